The van der Waals surface area contributed by atoms with E-state index in [0.717, 1.165) is 24.1 Å². The Balaban J connectivity index is 1.91. The molecule has 2 rings (SSSR count). The summed E-state index contributed by atoms with van der Waals surface area (Å²) in [5, 5.41) is 4.09. The lowest BCUT2D eigenvalue weighted by Crippen LogP contribution is -2.40. The van der Waals surface area contributed by atoms with Gasteiger partial charge in [0.15, 0.2) is 0 Å². The number of hydrogen-bond donors (Lipinski definition) is 1. The molecule has 1 aromatic rings. The molecule has 8 heteroatoms. The molecule has 0 saturated carbocycles. The van der Waals surface area contributed by atoms with Gasteiger partial charge in [0.1, 0.15) is 0 Å². The molecule has 0 atom stereocenters. The Kier molecular flexibility index (Phi) is 7.74. The number of rotatable bonds is 8. The van der Waals surface area contributed by atoms with Crippen LogP contribution in [0.1, 0.15) is 38.7 Å². The van der Waals surface area contributed by atoms with Gasteiger partial charge in [0.25, 0.3) is 0 Å². The lowest BCUT2D eigenvalue weighted by atomic mass is 10.1. The number of ether oxygens (including phenoxy) is 1. The first-order chi connectivity index (χ1) is 12.5. The molecule has 1 saturated heterocycles. The predicted molar refractivity (Wildman–Crippen MR) is 101 cm³/mol. The van der Waals surface area contributed by atoms with Gasteiger partial charge in [-0.1, -0.05) is 26.0 Å². The fourth-order valence-electron chi connectivity index (χ4n) is 2.63. The number of carbonyl (C=O) groups is 1. The van der Waals surface area contributed by atoms with Crippen LogP contribution in [-0.2, 0) is 26.0 Å². The summed E-state index contributed by atoms with van der Waals surface area (Å²) in [6.45, 7) is 5.60. The summed E-state index contributed by atoms with van der Waals surface area (Å²) in [7, 11) is -3.48. The third-order valence-electron chi connectivity index (χ3n) is 4.33. The van der Waals surface area contributed by atoms with E-state index in [-0.39, 0.29) is 10.8 Å². The van der Waals surface area contributed by atoms with Gasteiger partial charge in [0, 0.05) is 25.2 Å². The highest BCUT2D eigenvalue weighted by Crippen LogP contribution is 2.18. The standard InChI is InChI=1S/C18H27N3O4S/c1-3-16(4-2)19-20-18(22)10-7-15-5-8-17(9-6-15)26(23,24)21-11-13-25-14-12-21/h5-6,8-9H,3-4,7,10-14H2,1-2H3,(H,20,22). The van der Waals surface area contributed by atoms with E-state index in [9.17, 15) is 13.2 Å². The summed E-state index contributed by atoms with van der Waals surface area (Å²) < 4.78 is 31.8. The lowest BCUT2D eigenvalue weighted by Gasteiger charge is -2.26. The molecular weight excluding hydrogens is 354 g/mol. The topological polar surface area (TPSA) is 88.1 Å². The van der Waals surface area contributed by atoms with E-state index in [2.05, 4.69) is 10.5 Å². The van der Waals surface area contributed by atoms with E-state index in [0.29, 0.717) is 39.1 Å². The molecule has 0 spiro atoms. The molecule has 144 valence electrons. The maximum Gasteiger partial charge on any atom is 0.243 e. The van der Waals surface area contributed by atoms with Crippen LogP contribution in [0.5, 0.6) is 0 Å². The molecule has 0 aromatic heterocycles. The smallest absolute Gasteiger partial charge is 0.243 e. The Labute approximate surface area is 155 Å². The lowest BCUT2D eigenvalue weighted by molar-refractivity contribution is -0.121. The van der Waals surface area contributed by atoms with Gasteiger partial charge in [-0.25, -0.2) is 13.8 Å². The summed E-state index contributed by atoms with van der Waals surface area (Å²) in [6, 6.07) is 6.71. The van der Waals surface area contributed by atoms with Crippen molar-refractivity contribution in [1.29, 1.82) is 0 Å². The number of sulfonamides is 1. The van der Waals surface area contributed by atoms with E-state index in [1.165, 1.54) is 4.31 Å². The monoisotopic (exact) mass is 381 g/mol. The minimum atomic E-state index is -3.48. The molecule has 26 heavy (non-hydrogen) atoms. The molecule has 1 heterocycles. The third kappa shape index (κ3) is 5.62. The quantitative estimate of drug-likeness (QED) is 0.550. The first-order valence-electron chi connectivity index (χ1n) is 8.98. The van der Waals surface area contributed by atoms with Gasteiger partial charge < -0.3 is 4.74 Å². The van der Waals surface area contributed by atoms with Crippen LogP contribution < -0.4 is 5.43 Å². The minimum absolute atomic E-state index is 0.144. The number of nitrogens with zero attached hydrogens (tertiary/aromatic N) is 2. The Bertz CT molecular complexity index is 717. The van der Waals surface area contributed by atoms with Gasteiger partial charge in [0.05, 0.1) is 18.1 Å². The van der Waals surface area contributed by atoms with Crippen LogP contribution in [0.4, 0.5) is 0 Å². The van der Waals surface area contributed by atoms with Crippen molar-refractivity contribution in [3.8, 4) is 0 Å². The number of amides is 1. The highest BCUT2D eigenvalue weighted by atomic mass is 32.2. The van der Waals surface area contributed by atoms with Crippen molar-refractivity contribution in [2.45, 2.75) is 44.4 Å². The van der Waals surface area contributed by atoms with E-state index < -0.39 is 10.0 Å². The number of nitrogens with one attached hydrogen (secondary N) is 1. The van der Waals surface area contributed by atoms with Crippen molar-refractivity contribution in [3.05, 3.63) is 29.8 Å². The van der Waals surface area contributed by atoms with Gasteiger partial charge in [-0.15, -0.1) is 0 Å². The van der Waals surface area contributed by atoms with Crippen LogP contribution in [0.15, 0.2) is 34.3 Å². The summed E-state index contributed by atoms with van der Waals surface area (Å²) in [5.74, 6) is -0.144. The second-order valence-electron chi connectivity index (χ2n) is 6.08. The SMILES string of the molecule is CCC(CC)=NNC(=O)CCc1ccc(S(=O)(=O)N2CCOCC2)cc1. The van der Waals surface area contributed by atoms with Crippen molar-refractivity contribution >= 4 is 21.6 Å². The number of benzene rings is 1. The maximum atomic E-state index is 12.6. The highest BCUT2D eigenvalue weighted by molar-refractivity contribution is 7.89. The van der Waals surface area contributed by atoms with E-state index in [4.69, 9.17) is 4.74 Å². The zero-order valence-electron chi connectivity index (χ0n) is 15.4. The van der Waals surface area contributed by atoms with Crippen LogP contribution in [0.3, 0.4) is 0 Å². The molecule has 1 fully saturated rings. The van der Waals surface area contributed by atoms with Crippen LogP contribution >= 0.6 is 0 Å². The van der Waals surface area contributed by atoms with E-state index in [1.807, 2.05) is 13.8 Å². The molecule has 1 aliphatic rings. The Morgan fingerprint density at radius 3 is 2.35 bits per heavy atom. The fourth-order valence-corrected chi connectivity index (χ4v) is 4.04. The van der Waals surface area contributed by atoms with Crippen molar-refractivity contribution in [1.82, 2.24) is 9.73 Å². The fraction of sp³-hybridized carbons (Fsp3) is 0.556. The van der Waals surface area contributed by atoms with Crippen LogP contribution in [0.2, 0.25) is 0 Å². The summed E-state index contributed by atoms with van der Waals surface area (Å²) in [4.78, 5) is 12.1. The number of aryl methyl sites for hydroxylation is 1. The predicted octanol–water partition coefficient (Wildman–Crippen LogP) is 1.93. The van der Waals surface area contributed by atoms with Gasteiger partial charge in [-0.3, -0.25) is 4.79 Å². The van der Waals surface area contributed by atoms with Crippen LogP contribution in [-0.4, -0.2) is 50.6 Å². The van der Waals surface area contributed by atoms with Crippen molar-refractivity contribution in [3.63, 3.8) is 0 Å². The summed E-state index contributed by atoms with van der Waals surface area (Å²) >= 11 is 0. The Hall–Kier alpha value is -1.77. The van der Waals surface area contributed by atoms with Gasteiger partial charge in [-0.05, 0) is 37.0 Å². The van der Waals surface area contributed by atoms with Crippen molar-refractivity contribution < 1.29 is 17.9 Å². The Morgan fingerprint density at radius 2 is 1.77 bits per heavy atom. The molecule has 0 unspecified atom stereocenters. The van der Waals surface area contributed by atoms with Crippen molar-refractivity contribution in [2.75, 3.05) is 26.3 Å². The van der Waals surface area contributed by atoms with Gasteiger partial charge in [0.2, 0.25) is 15.9 Å². The normalized spacial score (nSPS) is 15.5. The van der Waals surface area contributed by atoms with Crippen LogP contribution in [0.25, 0.3) is 0 Å². The number of hydrogen-bond acceptors (Lipinski definition) is 5. The third-order valence-corrected chi connectivity index (χ3v) is 6.24. The average molecular weight is 381 g/mol. The molecule has 1 aromatic carbocycles. The number of hydrazone groups is 1. The largest absolute Gasteiger partial charge is 0.379 e. The first kappa shape index (κ1) is 20.5. The van der Waals surface area contributed by atoms with E-state index >= 15 is 0 Å². The average Bonchev–Trinajstić information content (AvgIpc) is 2.68. The molecule has 1 aliphatic heterocycles. The number of carbonyl (C=O) groups excluding carboxylic acids is 1. The highest BCUT2D eigenvalue weighted by Gasteiger charge is 2.26. The van der Waals surface area contributed by atoms with Crippen molar-refractivity contribution in [2.24, 2.45) is 5.10 Å². The summed E-state index contributed by atoms with van der Waals surface area (Å²) in [6.07, 6.45) is 2.47. The van der Waals surface area contributed by atoms with E-state index in [1.54, 1.807) is 24.3 Å². The maximum absolute atomic E-state index is 12.6. The molecule has 7 nitrogen and oxygen atoms in total. The molecule has 1 amide bonds. The molecule has 0 aliphatic carbocycles. The molecule has 0 bridgehead atoms. The molecule has 1 N–H and O–H groups in total. The zero-order valence-corrected chi connectivity index (χ0v) is 16.2. The minimum Gasteiger partial charge on any atom is -0.379 e. The molecular formula is C18H27N3O4S. The second kappa shape index (κ2) is 9.80. The second-order valence-corrected chi connectivity index (χ2v) is 8.02. The molecule has 0 radical (unpaired) electrons. The number of morpholine rings is 1. The Morgan fingerprint density at radius 1 is 1.15 bits per heavy atom. The zero-order chi connectivity index (χ0) is 19.0. The van der Waals surface area contributed by atoms with Crippen LogP contribution in [0, 0.1) is 0 Å². The van der Waals surface area contributed by atoms with Gasteiger partial charge in [-0.2, -0.15) is 9.41 Å². The van der Waals surface area contributed by atoms with Gasteiger partial charge >= 0.3 is 0 Å². The summed E-state index contributed by atoms with van der Waals surface area (Å²) in [5.41, 5.74) is 4.44. The first-order valence-corrected chi connectivity index (χ1v) is 10.4.